The Morgan fingerprint density at radius 1 is 1.45 bits per heavy atom. The second-order valence-corrected chi connectivity index (χ2v) is 3.42. The number of rotatable bonds is 0. The molecule has 3 heteroatoms. The van der Waals surface area contributed by atoms with Gasteiger partial charge in [0.15, 0.2) is 6.17 Å². The Kier molecular flexibility index (Phi) is 1.41. The van der Waals surface area contributed by atoms with Gasteiger partial charge >= 0.3 is 5.97 Å². The quantitative estimate of drug-likeness (QED) is 0.500. The van der Waals surface area contributed by atoms with Gasteiger partial charge in [-0.15, -0.1) is 0 Å². The van der Waals surface area contributed by atoms with E-state index in [1.54, 1.807) is 0 Å². The Hall–Kier alpha value is -0.600. The first-order chi connectivity index (χ1) is 5.23. The van der Waals surface area contributed by atoms with Gasteiger partial charge in [-0.25, -0.2) is 4.39 Å². The molecule has 0 N–H and O–H groups in total. The molecule has 62 valence electrons. The number of carbonyl (C=O) groups excluding carboxylic acids is 1. The molecule has 1 saturated carbocycles. The zero-order valence-corrected chi connectivity index (χ0v) is 6.31. The van der Waals surface area contributed by atoms with E-state index in [2.05, 4.69) is 0 Å². The van der Waals surface area contributed by atoms with Crippen LogP contribution in [-0.2, 0) is 9.53 Å². The van der Waals surface area contributed by atoms with Crippen LogP contribution in [0.15, 0.2) is 0 Å². The molecule has 0 radical (unpaired) electrons. The minimum atomic E-state index is -1.04. The summed E-state index contributed by atoms with van der Waals surface area (Å²) < 4.78 is 18.2. The van der Waals surface area contributed by atoms with Crippen LogP contribution in [0.4, 0.5) is 4.39 Å². The fraction of sp³-hybridized carbons (Fsp3) is 0.875. The maximum absolute atomic E-state index is 13.2. The van der Waals surface area contributed by atoms with Crippen molar-refractivity contribution < 1.29 is 13.9 Å². The van der Waals surface area contributed by atoms with E-state index in [9.17, 15) is 9.18 Å². The van der Waals surface area contributed by atoms with Gasteiger partial charge in [0.2, 0.25) is 0 Å². The molecule has 1 saturated heterocycles. The molecule has 1 aliphatic carbocycles. The van der Waals surface area contributed by atoms with Gasteiger partial charge < -0.3 is 4.74 Å². The van der Waals surface area contributed by atoms with Crippen molar-refractivity contribution in [3.8, 4) is 0 Å². The van der Waals surface area contributed by atoms with Gasteiger partial charge in [-0.1, -0.05) is 0 Å². The van der Waals surface area contributed by atoms with Crippen molar-refractivity contribution in [3.05, 3.63) is 0 Å². The van der Waals surface area contributed by atoms with Gasteiger partial charge in [-0.2, -0.15) is 0 Å². The van der Waals surface area contributed by atoms with Crippen LogP contribution in [0.5, 0.6) is 0 Å². The summed E-state index contributed by atoms with van der Waals surface area (Å²) in [6, 6.07) is 0. The number of hydrogen-bond donors (Lipinski definition) is 0. The first kappa shape index (κ1) is 7.07. The van der Waals surface area contributed by atoms with E-state index < -0.39 is 11.8 Å². The Labute approximate surface area is 64.7 Å². The van der Waals surface area contributed by atoms with Crippen LogP contribution in [0.25, 0.3) is 0 Å². The maximum Gasteiger partial charge on any atom is 0.309 e. The number of carbonyl (C=O) groups is 1. The highest BCUT2D eigenvalue weighted by Crippen LogP contribution is 2.42. The van der Waals surface area contributed by atoms with Gasteiger partial charge in [0.05, 0.1) is 6.42 Å². The first-order valence-electron chi connectivity index (χ1n) is 4.09. The van der Waals surface area contributed by atoms with E-state index in [4.69, 9.17) is 4.74 Å². The Morgan fingerprint density at radius 2 is 2.09 bits per heavy atom. The van der Waals surface area contributed by atoms with Crippen LogP contribution < -0.4 is 0 Å². The molecule has 1 atom stereocenters. The van der Waals surface area contributed by atoms with E-state index in [1.807, 2.05) is 0 Å². The lowest BCUT2D eigenvalue weighted by atomic mass is 9.97. The van der Waals surface area contributed by atoms with Crippen LogP contribution in [-0.4, -0.2) is 17.7 Å². The van der Waals surface area contributed by atoms with Gasteiger partial charge in [-0.05, 0) is 25.7 Å². The molecule has 11 heavy (non-hydrogen) atoms. The minimum absolute atomic E-state index is 0.0278. The maximum atomic E-state index is 13.2. The lowest BCUT2D eigenvalue weighted by Gasteiger charge is -2.23. The van der Waals surface area contributed by atoms with Gasteiger partial charge in [0.25, 0.3) is 0 Å². The second kappa shape index (κ2) is 2.19. The highest BCUT2D eigenvalue weighted by Gasteiger charge is 2.51. The lowest BCUT2D eigenvalue weighted by Crippen LogP contribution is -2.33. The third kappa shape index (κ3) is 0.940. The lowest BCUT2D eigenvalue weighted by molar-refractivity contribution is -0.149. The summed E-state index contributed by atoms with van der Waals surface area (Å²) >= 11 is 0. The second-order valence-electron chi connectivity index (χ2n) is 3.42. The predicted molar refractivity (Wildman–Crippen MR) is 36.8 cm³/mol. The van der Waals surface area contributed by atoms with E-state index in [-0.39, 0.29) is 12.4 Å². The molecule has 1 spiro atoms. The van der Waals surface area contributed by atoms with Crippen molar-refractivity contribution in [1.82, 2.24) is 0 Å². The predicted octanol–water partition coefficient (Wildman–Crippen LogP) is 1.58. The van der Waals surface area contributed by atoms with E-state index >= 15 is 0 Å². The number of halogens is 1. The van der Waals surface area contributed by atoms with Crippen LogP contribution in [0, 0.1) is 0 Å². The van der Waals surface area contributed by atoms with Gasteiger partial charge in [-0.3, -0.25) is 4.79 Å². The summed E-state index contributed by atoms with van der Waals surface area (Å²) in [5.41, 5.74) is -0.697. The molecule has 2 rings (SSSR count). The summed E-state index contributed by atoms with van der Waals surface area (Å²) in [6.45, 7) is 0. The molecular formula is C8H11FO2. The Morgan fingerprint density at radius 3 is 2.55 bits per heavy atom. The molecule has 0 aromatic carbocycles. The third-order valence-corrected chi connectivity index (χ3v) is 2.68. The van der Waals surface area contributed by atoms with Crippen LogP contribution in [0.1, 0.15) is 32.1 Å². The van der Waals surface area contributed by atoms with Gasteiger partial charge in [0.1, 0.15) is 5.60 Å². The fourth-order valence-electron chi connectivity index (χ4n) is 2.05. The Balaban J connectivity index is 2.18. The average molecular weight is 158 g/mol. The first-order valence-corrected chi connectivity index (χ1v) is 4.09. The highest BCUT2D eigenvalue weighted by atomic mass is 19.1. The summed E-state index contributed by atoms with van der Waals surface area (Å²) in [6.07, 6.45) is 2.36. The van der Waals surface area contributed by atoms with Crippen molar-refractivity contribution in [1.29, 1.82) is 0 Å². The summed E-state index contributed by atoms with van der Waals surface area (Å²) in [5.74, 6) is -0.362. The number of ether oxygens (including phenoxy) is 1. The zero-order chi connectivity index (χ0) is 7.90. The summed E-state index contributed by atoms with van der Waals surface area (Å²) in [4.78, 5) is 10.8. The van der Waals surface area contributed by atoms with E-state index in [0.717, 1.165) is 25.7 Å². The standard InChI is InChI=1S/C8H11FO2/c9-6-5-7(10)11-8(6)3-1-2-4-8/h6H,1-5H2. The summed E-state index contributed by atoms with van der Waals surface area (Å²) in [7, 11) is 0. The van der Waals surface area contributed by atoms with Crippen molar-refractivity contribution in [2.75, 3.05) is 0 Å². The van der Waals surface area contributed by atoms with Crippen molar-refractivity contribution in [2.24, 2.45) is 0 Å². The number of hydrogen-bond acceptors (Lipinski definition) is 2. The van der Waals surface area contributed by atoms with Crippen molar-refractivity contribution in [2.45, 2.75) is 43.9 Å². The number of esters is 1. The molecule has 2 aliphatic rings. The summed E-state index contributed by atoms with van der Waals surface area (Å²) in [5, 5.41) is 0. The topological polar surface area (TPSA) is 26.3 Å². The number of alkyl halides is 1. The smallest absolute Gasteiger partial charge is 0.309 e. The van der Waals surface area contributed by atoms with Gasteiger partial charge in [0, 0.05) is 0 Å². The molecule has 1 heterocycles. The molecule has 0 aromatic rings. The van der Waals surface area contributed by atoms with Crippen molar-refractivity contribution >= 4 is 5.97 Å². The average Bonchev–Trinajstić information content (AvgIpc) is 2.45. The van der Waals surface area contributed by atoms with E-state index in [0.29, 0.717) is 0 Å². The molecular weight excluding hydrogens is 147 g/mol. The molecule has 2 fully saturated rings. The molecule has 1 unspecified atom stereocenters. The van der Waals surface area contributed by atoms with Crippen LogP contribution in [0.3, 0.4) is 0 Å². The minimum Gasteiger partial charge on any atom is -0.456 e. The largest absolute Gasteiger partial charge is 0.456 e. The van der Waals surface area contributed by atoms with Crippen LogP contribution in [0.2, 0.25) is 0 Å². The molecule has 0 bridgehead atoms. The molecule has 2 nitrogen and oxygen atoms in total. The van der Waals surface area contributed by atoms with Crippen molar-refractivity contribution in [3.63, 3.8) is 0 Å². The molecule has 0 aromatic heterocycles. The zero-order valence-electron chi connectivity index (χ0n) is 6.31. The fourth-order valence-corrected chi connectivity index (χ4v) is 2.05. The Bertz CT molecular complexity index is 185. The molecule has 1 aliphatic heterocycles. The SMILES string of the molecule is O=C1CC(F)C2(CCCC2)O1. The monoisotopic (exact) mass is 158 g/mol. The third-order valence-electron chi connectivity index (χ3n) is 2.68. The highest BCUT2D eigenvalue weighted by molar-refractivity contribution is 5.73. The normalized spacial score (nSPS) is 34.6. The van der Waals surface area contributed by atoms with E-state index in [1.165, 1.54) is 0 Å². The van der Waals surface area contributed by atoms with Crippen LogP contribution >= 0.6 is 0 Å². The molecule has 0 amide bonds.